The minimum atomic E-state index is -0.164. The van der Waals surface area contributed by atoms with Crippen LogP contribution in [0.15, 0.2) is 21.4 Å². The lowest BCUT2D eigenvalue weighted by atomic mass is 10.2. The summed E-state index contributed by atoms with van der Waals surface area (Å²) < 4.78 is 5.87. The highest BCUT2D eigenvalue weighted by molar-refractivity contribution is 9.10. The molecule has 0 aliphatic carbocycles. The van der Waals surface area contributed by atoms with Crippen LogP contribution in [0.5, 0.6) is 5.75 Å². The van der Waals surface area contributed by atoms with Crippen molar-refractivity contribution in [2.24, 2.45) is 0 Å². The van der Waals surface area contributed by atoms with E-state index in [1.54, 1.807) is 26.2 Å². The van der Waals surface area contributed by atoms with E-state index in [-0.39, 0.29) is 5.56 Å². The number of halogens is 1. The van der Waals surface area contributed by atoms with E-state index in [0.29, 0.717) is 26.9 Å². The molecule has 2 aromatic rings. The second-order valence-corrected chi connectivity index (χ2v) is 3.98. The van der Waals surface area contributed by atoms with E-state index in [9.17, 15) is 4.79 Å². The van der Waals surface area contributed by atoms with Crippen molar-refractivity contribution in [1.82, 2.24) is 9.97 Å². The molecule has 0 spiro atoms. The summed E-state index contributed by atoms with van der Waals surface area (Å²) in [6.07, 6.45) is 0. The van der Waals surface area contributed by atoms with Crippen LogP contribution in [0.3, 0.4) is 0 Å². The Labute approximate surface area is 94.4 Å². The highest BCUT2D eigenvalue weighted by atomic mass is 79.9. The number of hydrogen-bond donors (Lipinski definition) is 1. The number of methoxy groups -OCH3 is 1. The molecule has 0 radical (unpaired) electrons. The minimum Gasteiger partial charge on any atom is -0.494 e. The second kappa shape index (κ2) is 3.66. The molecule has 1 N–H and O–H groups in total. The third-order valence-electron chi connectivity index (χ3n) is 2.11. The fraction of sp³-hybridized carbons (Fsp3) is 0.200. The number of aromatic nitrogens is 2. The first-order valence-electron chi connectivity index (χ1n) is 4.36. The largest absolute Gasteiger partial charge is 0.494 e. The van der Waals surface area contributed by atoms with E-state index in [4.69, 9.17) is 4.74 Å². The van der Waals surface area contributed by atoms with Crippen molar-refractivity contribution in [2.75, 3.05) is 7.11 Å². The number of ether oxygens (including phenoxy) is 1. The normalized spacial score (nSPS) is 10.6. The average molecular weight is 269 g/mol. The Hall–Kier alpha value is -1.36. The predicted octanol–water partition coefficient (Wildman–Crippen LogP) is 2.00. The first kappa shape index (κ1) is 10.2. The smallest absolute Gasteiger partial charge is 0.260 e. The molecule has 2 rings (SSSR count). The molecule has 0 aliphatic rings. The van der Waals surface area contributed by atoms with E-state index >= 15 is 0 Å². The fourth-order valence-electron chi connectivity index (χ4n) is 1.46. The highest BCUT2D eigenvalue weighted by Gasteiger charge is 2.10. The van der Waals surface area contributed by atoms with Crippen LogP contribution in [0.4, 0.5) is 0 Å². The summed E-state index contributed by atoms with van der Waals surface area (Å²) in [5.41, 5.74) is 0.413. The van der Waals surface area contributed by atoms with Crippen molar-refractivity contribution in [1.29, 1.82) is 0 Å². The van der Waals surface area contributed by atoms with E-state index < -0.39 is 0 Å². The average Bonchev–Trinajstić information content (AvgIpc) is 2.17. The first-order valence-corrected chi connectivity index (χ1v) is 5.16. The van der Waals surface area contributed by atoms with E-state index in [2.05, 4.69) is 25.9 Å². The molecule has 0 aliphatic heterocycles. The van der Waals surface area contributed by atoms with Crippen LogP contribution in [0.25, 0.3) is 10.9 Å². The summed E-state index contributed by atoms with van der Waals surface area (Å²) in [7, 11) is 1.56. The molecule has 0 unspecified atom stereocenters. The molecule has 1 aromatic heterocycles. The fourth-order valence-corrected chi connectivity index (χ4v) is 1.96. The molecule has 0 saturated carbocycles. The highest BCUT2D eigenvalue weighted by Crippen LogP contribution is 2.27. The van der Waals surface area contributed by atoms with Crippen LogP contribution in [-0.4, -0.2) is 17.1 Å². The van der Waals surface area contributed by atoms with Gasteiger partial charge < -0.3 is 9.72 Å². The maximum atomic E-state index is 11.7. The predicted molar refractivity (Wildman–Crippen MR) is 61.4 cm³/mol. The van der Waals surface area contributed by atoms with E-state index in [1.165, 1.54) is 0 Å². The van der Waals surface area contributed by atoms with Crippen LogP contribution >= 0.6 is 15.9 Å². The molecule has 78 valence electrons. The summed E-state index contributed by atoms with van der Waals surface area (Å²) in [4.78, 5) is 18.6. The Balaban J connectivity index is 3.00. The summed E-state index contributed by atoms with van der Waals surface area (Å²) in [6.45, 7) is 1.74. The van der Waals surface area contributed by atoms with Crippen molar-refractivity contribution in [3.8, 4) is 5.75 Å². The van der Waals surface area contributed by atoms with Crippen LogP contribution in [0.2, 0.25) is 0 Å². The van der Waals surface area contributed by atoms with Gasteiger partial charge in [0, 0.05) is 4.47 Å². The van der Waals surface area contributed by atoms with Crippen LogP contribution < -0.4 is 10.3 Å². The SMILES string of the molecule is COc1ccc(Br)c2c(=O)[nH]c(C)nc12. The number of aryl methyl sites for hydroxylation is 1. The molecule has 15 heavy (non-hydrogen) atoms. The number of H-pyrrole nitrogens is 1. The summed E-state index contributed by atoms with van der Waals surface area (Å²) in [6, 6.07) is 3.55. The van der Waals surface area contributed by atoms with Gasteiger partial charge in [0.25, 0.3) is 5.56 Å². The molecular formula is C10H9BrN2O2. The Morgan fingerprint density at radius 1 is 1.47 bits per heavy atom. The third-order valence-corrected chi connectivity index (χ3v) is 2.77. The van der Waals surface area contributed by atoms with Crippen molar-refractivity contribution >= 4 is 26.8 Å². The van der Waals surface area contributed by atoms with Gasteiger partial charge in [0.2, 0.25) is 0 Å². The molecule has 0 saturated heterocycles. The molecule has 0 amide bonds. The summed E-state index contributed by atoms with van der Waals surface area (Å²) in [5, 5.41) is 0.514. The number of nitrogens with zero attached hydrogens (tertiary/aromatic N) is 1. The van der Waals surface area contributed by atoms with Gasteiger partial charge in [-0.15, -0.1) is 0 Å². The number of rotatable bonds is 1. The lowest BCUT2D eigenvalue weighted by Crippen LogP contribution is -2.10. The Bertz CT molecular complexity index is 577. The van der Waals surface area contributed by atoms with Gasteiger partial charge in [-0.05, 0) is 35.0 Å². The van der Waals surface area contributed by atoms with Gasteiger partial charge >= 0.3 is 0 Å². The monoisotopic (exact) mass is 268 g/mol. The van der Waals surface area contributed by atoms with Gasteiger partial charge in [-0.2, -0.15) is 0 Å². The quantitative estimate of drug-likeness (QED) is 0.861. The van der Waals surface area contributed by atoms with Gasteiger partial charge in [0.1, 0.15) is 17.1 Å². The molecule has 0 fully saturated rings. The van der Waals surface area contributed by atoms with Crippen molar-refractivity contribution < 1.29 is 4.74 Å². The molecule has 1 heterocycles. The molecule has 1 aromatic carbocycles. The van der Waals surface area contributed by atoms with Gasteiger partial charge in [-0.1, -0.05) is 0 Å². The van der Waals surface area contributed by atoms with Crippen molar-refractivity contribution in [3.05, 3.63) is 32.8 Å². The van der Waals surface area contributed by atoms with E-state index in [0.717, 1.165) is 0 Å². The van der Waals surface area contributed by atoms with Gasteiger partial charge in [0.15, 0.2) is 0 Å². The molecule has 5 heteroatoms. The third kappa shape index (κ3) is 1.63. The Morgan fingerprint density at radius 3 is 2.87 bits per heavy atom. The van der Waals surface area contributed by atoms with Crippen LogP contribution in [-0.2, 0) is 0 Å². The first-order chi connectivity index (χ1) is 7.13. The van der Waals surface area contributed by atoms with Crippen LogP contribution in [0, 0.1) is 6.92 Å². The summed E-state index contributed by atoms with van der Waals surface area (Å²) >= 11 is 3.32. The van der Waals surface area contributed by atoms with Gasteiger partial charge in [-0.3, -0.25) is 4.79 Å². The van der Waals surface area contributed by atoms with E-state index in [1.807, 2.05) is 0 Å². The maximum Gasteiger partial charge on any atom is 0.260 e. The molecule has 0 bridgehead atoms. The Morgan fingerprint density at radius 2 is 2.20 bits per heavy atom. The standard InChI is InChI=1S/C10H9BrN2O2/c1-5-12-9-7(15-2)4-3-6(11)8(9)10(14)13-5/h3-4H,1-2H3,(H,12,13,14). The lowest BCUT2D eigenvalue weighted by Gasteiger charge is -2.05. The zero-order valence-electron chi connectivity index (χ0n) is 8.30. The number of fused-ring (bicyclic) bond motifs is 1. The molecule has 4 nitrogen and oxygen atoms in total. The minimum absolute atomic E-state index is 0.164. The van der Waals surface area contributed by atoms with Gasteiger partial charge in [-0.25, -0.2) is 4.98 Å². The maximum absolute atomic E-state index is 11.7. The summed E-state index contributed by atoms with van der Waals surface area (Å²) in [5.74, 6) is 1.17. The van der Waals surface area contributed by atoms with Crippen LogP contribution in [0.1, 0.15) is 5.82 Å². The lowest BCUT2D eigenvalue weighted by molar-refractivity contribution is 0.418. The van der Waals surface area contributed by atoms with Gasteiger partial charge in [0.05, 0.1) is 12.5 Å². The number of nitrogens with one attached hydrogen (secondary N) is 1. The zero-order chi connectivity index (χ0) is 11.0. The molecular weight excluding hydrogens is 260 g/mol. The number of aromatic amines is 1. The second-order valence-electron chi connectivity index (χ2n) is 3.12. The van der Waals surface area contributed by atoms with Crippen molar-refractivity contribution in [3.63, 3.8) is 0 Å². The number of hydrogen-bond acceptors (Lipinski definition) is 3. The Kier molecular flexibility index (Phi) is 2.48. The zero-order valence-corrected chi connectivity index (χ0v) is 9.88. The molecule has 0 atom stereocenters. The van der Waals surface area contributed by atoms with Crippen molar-refractivity contribution in [2.45, 2.75) is 6.92 Å². The topological polar surface area (TPSA) is 55.0 Å². The number of benzene rings is 1.